The van der Waals surface area contributed by atoms with Gasteiger partial charge in [0.25, 0.3) is 0 Å². The minimum Gasteiger partial charge on any atom is -0.388 e. The minimum absolute atomic E-state index is 0.110. The van der Waals surface area contributed by atoms with Crippen molar-refractivity contribution in [3.05, 3.63) is 29.8 Å². The van der Waals surface area contributed by atoms with Gasteiger partial charge >= 0.3 is 6.03 Å². The first-order chi connectivity index (χ1) is 10.7. The number of amides is 2. The van der Waals surface area contributed by atoms with Crippen LogP contribution in [0.3, 0.4) is 0 Å². The number of rotatable bonds is 8. The molecule has 0 saturated heterocycles. The van der Waals surface area contributed by atoms with Crippen LogP contribution in [0.25, 0.3) is 0 Å². The van der Waals surface area contributed by atoms with E-state index in [1.807, 2.05) is 52.0 Å². The molecule has 130 valence electrons. The van der Waals surface area contributed by atoms with Crippen LogP contribution in [0.5, 0.6) is 0 Å². The summed E-state index contributed by atoms with van der Waals surface area (Å²) in [6.07, 6.45) is 1.02. The normalized spacial score (nSPS) is 15.1. The number of anilines is 1. The zero-order valence-electron chi connectivity index (χ0n) is 14.8. The van der Waals surface area contributed by atoms with Crippen molar-refractivity contribution < 1.29 is 14.6 Å². The van der Waals surface area contributed by atoms with Gasteiger partial charge in [0.1, 0.15) is 0 Å². The predicted octanol–water partition coefficient (Wildman–Crippen LogP) is 3.53. The fourth-order valence-corrected chi connectivity index (χ4v) is 2.05. The second kappa shape index (κ2) is 8.89. The van der Waals surface area contributed by atoms with Gasteiger partial charge in [0.2, 0.25) is 0 Å². The van der Waals surface area contributed by atoms with Crippen LogP contribution in [0.2, 0.25) is 0 Å². The number of carbonyl (C=O) groups excluding carboxylic acids is 1. The lowest BCUT2D eigenvalue weighted by atomic mass is 9.89. The second-order valence-electron chi connectivity index (χ2n) is 6.53. The van der Waals surface area contributed by atoms with Gasteiger partial charge in [-0.05, 0) is 44.4 Å². The third-order valence-corrected chi connectivity index (χ3v) is 4.05. The third-order valence-electron chi connectivity index (χ3n) is 4.05. The molecule has 0 fully saturated rings. The zero-order chi connectivity index (χ0) is 17.5. The van der Waals surface area contributed by atoms with E-state index in [1.165, 1.54) is 0 Å². The average Bonchev–Trinajstić information content (AvgIpc) is 2.50. The molecule has 0 bridgehead atoms. The number of ether oxygens (including phenoxy) is 1. The molecule has 1 rings (SSSR count). The van der Waals surface area contributed by atoms with Gasteiger partial charge in [-0.15, -0.1) is 0 Å². The standard InChI is InChI=1S/C18H30N2O3/c1-6-14(4)18(5,22)12-19-17(21)20-16-9-7-8-15(10-16)11-23-13(2)3/h7-10,13-14,22H,6,11-12H2,1-5H3,(H2,19,20,21). The van der Waals surface area contributed by atoms with E-state index in [-0.39, 0.29) is 24.6 Å². The Balaban J connectivity index is 2.52. The van der Waals surface area contributed by atoms with Crippen molar-refractivity contribution in [1.29, 1.82) is 0 Å². The number of carbonyl (C=O) groups is 1. The number of hydrogen-bond acceptors (Lipinski definition) is 3. The Morgan fingerprint density at radius 3 is 2.65 bits per heavy atom. The maximum atomic E-state index is 12.0. The highest BCUT2D eigenvalue weighted by molar-refractivity contribution is 5.89. The summed E-state index contributed by atoms with van der Waals surface area (Å²) in [6, 6.07) is 7.22. The van der Waals surface area contributed by atoms with Crippen LogP contribution in [0.15, 0.2) is 24.3 Å². The van der Waals surface area contributed by atoms with Crippen molar-refractivity contribution in [2.45, 2.75) is 59.4 Å². The van der Waals surface area contributed by atoms with Crippen LogP contribution >= 0.6 is 0 Å². The van der Waals surface area contributed by atoms with Crippen molar-refractivity contribution in [3.63, 3.8) is 0 Å². The van der Waals surface area contributed by atoms with Gasteiger partial charge in [-0.2, -0.15) is 0 Å². The molecule has 1 aromatic rings. The summed E-state index contributed by atoms with van der Waals surface area (Å²) in [7, 11) is 0. The van der Waals surface area contributed by atoms with Gasteiger partial charge < -0.3 is 20.5 Å². The van der Waals surface area contributed by atoms with Crippen LogP contribution < -0.4 is 10.6 Å². The first-order valence-electron chi connectivity index (χ1n) is 8.22. The van der Waals surface area contributed by atoms with E-state index in [2.05, 4.69) is 10.6 Å². The number of nitrogens with one attached hydrogen (secondary N) is 2. The van der Waals surface area contributed by atoms with Crippen molar-refractivity contribution in [2.24, 2.45) is 5.92 Å². The molecule has 5 heteroatoms. The summed E-state index contributed by atoms with van der Waals surface area (Å²) in [5.41, 5.74) is 0.789. The minimum atomic E-state index is -0.918. The summed E-state index contributed by atoms with van der Waals surface area (Å²) in [4.78, 5) is 12.0. The summed E-state index contributed by atoms with van der Waals surface area (Å²) >= 11 is 0. The molecule has 1 aromatic carbocycles. The number of hydrogen-bond donors (Lipinski definition) is 3. The van der Waals surface area contributed by atoms with Crippen LogP contribution in [0.4, 0.5) is 10.5 Å². The van der Waals surface area contributed by atoms with Gasteiger partial charge in [-0.3, -0.25) is 0 Å². The lowest BCUT2D eigenvalue weighted by molar-refractivity contribution is 0.00827. The average molecular weight is 322 g/mol. The van der Waals surface area contributed by atoms with Crippen LogP contribution in [0, 0.1) is 5.92 Å². The lowest BCUT2D eigenvalue weighted by Crippen LogP contribution is -2.46. The van der Waals surface area contributed by atoms with Crippen molar-refractivity contribution >= 4 is 11.7 Å². The van der Waals surface area contributed by atoms with E-state index < -0.39 is 5.60 Å². The van der Waals surface area contributed by atoms with Crippen LogP contribution in [0.1, 0.15) is 46.6 Å². The van der Waals surface area contributed by atoms with Crippen molar-refractivity contribution in [1.82, 2.24) is 5.32 Å². The van der Waals surface area contributed by atoms with Crippen molar-refractivity contribution in [3.8, 4) is 0 Å². The highest BCUT2D eigenvalue weighted by Gasteiger charge is 2.27. The van der Waals surface area contributed by atoms with E-state index in [1.54, 1.807) is 6.92 Å². The molecule has 2 atom stereocenters. The van der Waals surface area contributed by atoms with Gasteiger partial charge in [0, 0.05) is 12.2 Å². The third kappa shape index (κ3) is 7.01. The predicted molar refractivity (Wildman–Crippen MR) is 93.5 cm³/mol. The fourth-order valence-electron chi connectivity index (χ4n) is 2.05. The molecule has 0 spiro atoms. The molecule has 2 unspecified atom stereocenters. The van der Waals surface area contributed by atoms with Gasteiger partial charge in [-0.1, -0.05) is 32.4 Å². The molecule has 2 amide bonds. The molecular weight excluding hydrogens is 292 g/mol. The molecule has 23 heavy (non-hydrogen) atoms. The first-order valence-corrected chi connectivity index (χ1v) is 8.22. The Kier molecular flexibility index (Phi) is 7.52. The number of benzene rings is 1. The highest BCUT2D eigenvalue weighted by Crippen LogP contribution is 2.19. The maximum absolute atomic E-state index is 12.0. The summed E-state index contributed by atoms with van der Waals surface area (Å²) in [6.45, 7) is 10.4. The Hall–Kier alpha value is -1.59. The topological polar surface area (TPSA) is 70.6 Å². The van der Waals surface area contributed by atoms with E-state index in [4.69, 9.17) is 4.74 Å². The quantitative estimate of drug-likeness (QED) is 0.685. The summed E-state index contributed by atoms with van der Waals surface area (Å²) in [5, 5.41) is 15.8. The smallest absolute Gasteiger partial charge is 0.319 e. The van der Waals surface area contributed by atoms with Crippen LogP contribution in [-0.2, 0) is 11.3 Å². The van der Waals surface area contributed by atoms with E-state index in [0.717, 1.165) is 12.0 Å². The summed E-state index contributed by atoms with van der Waals surface area (Å²) < 4.78 is 5.56. The monoisotopic (exact) mass is 322 g/mol. The highest BCUT2D eigenvalue weighted by atomic mass is 16.5. The molecule has 0 heterocycles. The number of urea groups is 1. The molecule has 5 nitrogen and oxygen atoms in total. The molecular formula is C18H30N2O3. The maximum Gasteiger partial charge on any atom is 0.319 e. The van der Waals surface area contributed by atoms with Crippen molar-refractivity contribution in [2.75, 3.05) is 11.9 Å². The van der Waals surface area contributed by atoms with Gasteiger partial charge in [-0.25, -0.2) is 4.79 Å². The van der Waals surface area contributed by atoms with E-state index >= 15 is 0 Å². The first kappa shape index (κ1) is 19.5. The Morgan fingerprint density at radius 2 is 2.04 bits per heavy atom. The van der Waals surface area contributed by atoms with E-state index in [9.17, 15) is 9.90 Å². The molecule has 3 N–H and O–H groups in total. The zero-order valence-corrected chi connectivity index (χ0v) is 14.8. The molecule has 0 radical (unpaired) electrons. The van der Waals surface area contributed by atoms with Crippen LogP contribution in [-0.4, -0.2) is 29.4 Å². The second-order valence-corrected chi connectivity index (χ2v) is 6.53. The molecule has 0 aromatic heterocycles. The fraction of sp³-hybridized carbons (Fsp3) is 0.611. The van der Waals surface area contributed by atoms with Gasteiger partial charge in [0.05, 0.1) is 18.3 Å². The summed E-state index contributed by atoms with van der Waals surface area (Å²) in [5.74, 6) is 0.110. The molecule has 0 aliphatic rings. The molecule has 0 saturated carbocycles. The Bertz CT molecular complexity index is 501. The van der Waals surface area contributed by atoms with Gasteiger partial charge in [0.15, 0.2) is 0 Å². The molecule has 0 aliphatic carbocycles. The Labute approximate surface area is 139 Å². The SMILES string of the molecule is CCC(C)C(C)(O)CNC(=O)Nc1cccc(COC(C)C)c1. The Morgan fingerprint density at radius 1 is 1.35 bits per heavy atom. The largest absolute Gasteiger partial charge is 0.388 e. The van der Waals surface area contributed by atoms with E-state index in [0.29, 0.717) is 12.3 Å². The lowest BCUT2D eigenvalue weighted by Gasteiger charge is -2.29. The molecule has 0 aliphatic heterocycles. The number of aliphatic hydroxyl groups is 1.